The molecule has 0 fully saturated rings. The first-order valence-electron chi connectivity index (χ1n) is 6.60. The summed E-state index contributed by atoms with van der Waals surface area (Å²) in [5.41, 5.74) is 0.0874. The third-order valence-electron chi connectivity index (χ3n) is 2.96. The third kappa shape index (κ3) is 4.53. The number of furan rings is 1. The fraction of sp³-hybridized carbons (Fsp3) is 0.500. The zero-order valence-electron chi connectivity index (χ0n) is 12.3. The number of nitriles is 1. The van der Waals surface area contributed by atoms with E-state index >= 15 is 0 Å². The lowest BCUT2D eigenvalue weighted by molar-refractivity contribution is 0.0695. The lowest BCUT2D eigenvalue weighted by Crippen LogP contribution is -2.44. The zero-order valence-corrected chi connectivity index (χ0v) is 12.3. The number of carboxylic acid groups (broad SMARTS) is 1. The average molecular weight is 293 g/mol. The van der Waals surface area contributed by atoms with Crippen molar-refractivity contribution in [1.29, 1.82) is 5.26 Å². The maximum atomic E-state index is 12.0. The Balaban J connectivity index is 2.65. The first-order valence-corrected chi connectivity index (χ1v) is 6.60. The van der Waals surface area contributed by atoms with Gasteiger partial charge in [-0.05, 0) is 26.8 Å². The topological polar surface area (TPSA) is 107 Å². The lowest BCUT2D eigenvalue weighted by atomic mass is 10.2. The molecule has 0 saturated heterocycles. The molecule has 1 rings (SSSR count). The highest BCUT2D eigenvalue weighted by atomic mass is 16.4. The molecule has 0 spiro atoms. The molecule has 114 valence electrons. The second kappa shape index (κ2) is 7.33. The second-order valence-electron chi connectivity index (χ2n) is 4.84. The van der Waals surface area contributed by atoms with Crippen LogP contribution in [-0.2, 0) is 6.54 Å². The summed E-state index contributed by atoms with van der Waals surface area (Å²) < 4.78 is 5.28. The van der Waals surface area contributed by atoms with Gasteiger partial charge in [0.15, 0.2) is 0 Å². The molecule has 21 heavy (non-hydrogen) atoms. The van der Waals surface area contributed by atoms with Crippen molar-refractivity contribution in [1.82, 2.24) is 10.2 Å². The van der Waals surface area contributed by atoms with Gasteiger partial charge in [0.2, 0.25) is 0 Å². The minimum Gasteiger partial charge on any atom is -0.478 e. The highest BCUT2D eigenvalue weighted by Gasteiger charge is 2.18. The van der Waals surface area contributed by atoms with Crippen LogP contribution in [0.3, 0.4) is 0 Å². The molecule has 2 N–H and O–H groups in total. The lowest BCUT2D eigenvalue weighted by Gasteiger charge is -2.25. The quantitative estimate of drug-likeness (QED) is 0.835. The van der Waals surface area contributed by atoms with Crippen molar-refractivity contribution in [3.8, 4) is 6.07 Å². The predicted molar refractivity (Wildman–Crippen MR) is 74.7 cm³/mol. The largest absolute Gasteiger partial charge is 0.478 e. The van der Waals surface area contributed by atoms with E-state index in [1.54, 1.807) is 6.92 Å². The van der Waals surface area contributed by atoms with Crippen molar-refractivity contribution >= 4 is 12.0 Å². The molecule has 1 aromatic heterocycles. The van der Waals surface area contributed by atoms with E-state index < -0.39 is 5.97 Å². The molecular weight excluding hydrogens is 274 g/mol. The molecule has 0 unspecified atom stereocenters. The van der Waals surface area contributed by atoms with Gasteiger partial charge in [-0.2, -0.15) is 5.26 Å². The zero-order chi connectivity index (χ0) is 16.0. The van der Waals surface area contributed by atoms with Crippen molar-refractivity contribution < 1.29 is 19.1 Å². The van der Waals surface area contributed by atoms with Crippen LogP contribution in [0.5, 0.6) is 0 Å². The van der Waals surface area contributed by atoms with E-state index in [-0.39, 0.29) is 30.6 Å². The van der Waals surface area contributed by atoms with E-state index in [0.717, 1.165) is 0 Å². The number of hydrogen-bond donors (Lipinski definition) is 2. The summed E-state index contributed by atoms with van der Waals surface area (Å²) in [4.78, 5) is 24.5. The Morgan fingerprint density at radius 2 is 2.19 bits per heavy atom. The molecular formula is C14H19N3O4. The summed E-state index contributed by atoms with van der Waals surface area (Å²) in [6.45, 7) is 5.72. The Morgan fingerprint density at radius 3 is 2.67 bits per heavy atom. The monoisotopic (exact) mass is 293 g/mol. The number of nitrogens with one attached hydrogen (secondary N) is 1. The van der Waals surface area contributed by atoms with Crippen LogP contribution in [0.4, 0.5) is 4.79 Å². The van der Waals surface area contributed by atoms with Crippen LogP contribution in [0, 0.1) is 18.3 Å². The summed E-state index contributed by atoms with van der Waals surface area (Å²) in [5, 5.41) is 20.2. The van der Waals surface area contributed by atoms with Gasteiger partial charge in [0, 0.05) is 12.6 Å². The van der Waals surface area contributed by atoms with Crippen molar-refractivity contribution in [3.05, 3.63) is 23.2 Å². The first-order chi connectivity index (χ1) is 9.86. The Morgan fingerprint density at radius 1 is 1.52 bits per heavy atom. The van der Waals surface area contributed by atoms with Crippen LogP contribution in [-0.4, -0.2) is 34.6 Å². The minimum atomic E-state index is -1.06. The first kappa shape index (κ1) is 16.6. The molecule has 0 aliphatic rings. The van der Waals surface area contributed by atoms with Crippen LogP contribution in [0.25, 0.3) is 0 Å². The van der Waals surface area contributed by atoms with E-state index in [0.29, 0.717) is 18.1 Å². The molecule has 0 aliphatic heterocycles. The number of urea groups is 1. The average Bonchev–Trinajstić information content (AvgIpc) is 2.78. The number of carboxylic acids is 1. The van der Waals surface area contributed by atoms with E-state index in [9.17, 15) is 9.59 Å². The van der Waals surface area contributed by atoms with Crippen LogP contribution in [0.2, 0.25) is 0 Å². The van der Waals surface area contributed by atoms with Gasteiger partial charge in [-0.3, -0.25) is 0 Å². The summed E-state index contributed by atoms with van der Waals surface area (Å²) in [5.74, 6) is -0.383. The molecule has 7 nitrogen and oxygen atoms in total. The number of amides is 2. The Hall–Kier alpha value is -2.49. The predicted octanol–water partition coefficient (Wildman–Crippen LogP) is 2.12. The van der Waals surface area contributed by atoms with Gasteiger partial charge in [0.25, 0.3) is 0 Å². The summed E-state index contributed by atoms with van der Waals surface area (Å²) in [7, 11) is 0. The molecule has 0 bridgehead atoms. The molecule has 7 heteroatoms. The van der Waals surface area contributed by atoms with Gasteiger partial charge >= 0.3 is 12.0 Å². The van der Waals surface area contributed by atoms with Crippen molar-refractivity contribution in [3.63, 3.8) is 0 Å². The maximum Gasteiger partial charge on any atom is 0.339 e. The number of nitrogens with zero attached hydrogens (tertiary/aromatic N) is 2. The molecule has 0 radical (unpaired) electrons. The molecule has 0 aliphatic carbocycles. The fourth-order valence-electron chi connectivity index (χ4n) is 1.87. The highest BCUT2D eigenvalue weighted by molar-refractivity contribution is 5.88. The van der Waals surface area contributed by atoms with E-state index in [1.807, 2.05) is 19.9 Å². The number of carbonyl (C=O) groups excluding carboxylic acids is 1. The fourth-order valence-corrected chi connectivity index (χ4v) is 1.87. The minimum absolute atomic E-state index is 0.0359. The van der Waals surface area contributed by atoms with Crippen LogP contribution >= 0.6 is 0 Å². The normalized spacial score (nSPS) is 10.2. The van der Waals surface area contributed by atoms with Crippen LogP contribution in [0.15, 0.2) is 10.5 Å². The van der Waals surface area contributed by atoms with Crippen molar-refractivity contribution in [2.75, 3.05) is 6.54 Å². The standard InChI is InChI=1S/C14H19N3O4/c1-9(2)17(6-4-5-15)14(20)16-8-11-7-12(13(18)19)10(3)21-11/h7,9H,4,6,8H2,1-3H3,(H,16,20)(H,18,19). The number of carbonyl (C=O) groups is 2. The smallest absolute Gasteiger partial charge is 0.339 e. The van der Waals surface area contributed by atoms with Gasteiger partial charge in [-0.15, -0.1) is 0 Å². The maximum absolute atomic E-state index is 12.0. The Labute approximate surface area is 123 Å². The van der Waals surface area contributed by atoms with Gasteiger partial charge in [-0.25, -0.2) is 9.59 Å². The van der Waals surface area contributed by atoms with Gasteiger partial charge in [0.05, 0.1) is 19.0 Å². The molecule has 0 aromatic carbocycles. The van der Waals surface area contributed by atoms with E-state index in [4.69, 9.17) is 14.8 Å². The molecule has 0 saturated carbocycles. The van der Waals surface area contributed by atoms with E-state index in [2.05, 4.69) is 5.32 Å². The van der Waals surface area contributed by atoms with Crippen molar-refractivity contribution in [2.24, 2.45) is 0 Å². The van der Waals surface area contributed by atoms with Gasteiger partial charge in [0.1, 0.15) is 17.1 Å². The molecule has 2 amide bonds. The summed E-state index contributed by atoms with van der Waals surface area (Å²) in [6, 6.07) is 3.05. The number of aromatic carboxylic acids is 1. The molecule has 1 aromatic rings. The van der Waals surface area contributed by atoms with Gasteiger partial charge < -0.3 is 19.7 Å². The third-order valence-corrected chi connectivity index (χ3v) is 2.96. The number of aryl methyl sites for hydroxylation is 1. The Kier molecular flexibility index (Phi) is 5.79. The van der Waals surface area contributed by atoms with Crippen molar-refractivity contribution in [2.45, 2.75) is 39.8 Å². The number of hydrogen-bond acceptors (Lipinski definition) is 4. The van der Waals surface area contributed by atoms with Crippen LogP contribution < -0.4 is 5.32 Å². The highest BCUT2D eigenvalue weighted by Crippen LogP contribution is 2.14. The van der Waals surface area contributed by atoms with Gasteiger partial charge in [-0.1, -0.05) is 0 Å². The summed E-state index contributed by atoms with van der Waals surface area (Å²) in [6.07, 6.45) is 0.259. The second-order valence-corrected chi connectivity index (χ2v) is 4.84. The Bertz CT molecular complexity index is 557. The SMILES string of the molecule is Cc1oc(CNC(=O)N(CCC#N)C(C)C)cc1C(=O)O. The molecule has 0 atom stereocenters. The summed E-state index contributed by atoms with van der Waals surface area (Å²) >= 11 is 0. The number of rotatable bonds is 6. The van der Waals surface area contributed by atoms with E-state index in [1.165, 1.54) is 11.0 Å². The van der Waals surface area contributed by atoms with Crippen LogP contribution in [0.1, 0.15) is 42.1 Å². The molecule has 1 heterocycles.